The van der Waals surface area contributed by atoms with Crippen molar-refractivity contribution in [1.29, 1.82) is 0 Å². The van der Waals surface area contributed by atoms with Gasteiger partial charge in [0, 0.05) is 49.6 Å². The van der Waals surface area contributed by atoms with Crippen molar-refractivity contribution < 1.29 is 0 Å². The van der Waals surface area contributed by atoms with Gasteiger partial charge in [0.15, 0.2) is 17.5 Å². The molecule has 0 saturated carbocycles. The average Bonchev–Trinajstić information content (AvgIpc) is 3.93. The normalized spacial score (nSPS) is 11.5. The fourth-order valence-corrected chi connectivity index (χ4v) is 9.88. The van der Waals surface area contributed by atoms with Crippen molar-refractivity contribution in [2.24, 2.45) is 0 Å². The molecule has 318 valence electrons. The Bertz CT molecular complexity index is 3930. The summed E-state index contributed by atoms with van der Waals surface area (Å²) >= 11 is 0. The summed E-state index contributed by atoms with van der Waals surface area (Å²) in [7, 11) is 0. The van der Waals surface area contributed by atoms with Crippen molar-refractivity contribution >= 4 is 43.6 Å². The van der Waals surface area contributed by atoms with Crippen LogP contribution in [-0.4, -0.2) is 24.1 Å². The van der Waals surface area contributed by atoms with Crippen LogP contribution in [0.1, 0.15) is 0 Å². The molecule has 0 fully saturated rings. The number of nitrogens with zero attached hydrogens (tertiary/aromatic N) is 5. The molecular formula is C63H41N5. The summed E-state index contributed by atoms with van der Waals surface area (Å²) in [5, 5.41) is 4.92. The highest BCUT2D eigenvalue weighted by Gasteiger charge is 2.18. The first kappa shape index (κ1) is 39.2. The molecule has 13 aromatic rings. The minimum atomic E-state index is 0.638. The van der Waals surface area contributed by atoms with Crippen LogP contribution in [0.4, 0.5) is 0 Å². The second-order valence-electron chi connectivity index (χ2n) is 17.3. The molecule has 0 aliphatic rings. The Morgan fingerprint density at radius 2 is 0.529 bits per heavy atom. The molecule has 0 N–H and O–H groups in total. The van der Waals surface area contributed by atoms with E-state index in [-0.39, 0.29) is 0 Å². The Labute approximate surface area is 393 Å². The molecule has 68 heavy (non-hydrogen) atoms. The van der Waals surface area contributed by atoms with Crippen LogP contribution >= 0.6 is 0 Å². The van der Waals surface area contributed by atoms with E-state index >= 15 is 0 Å². The highest BCUT2D eigenvalue weighted by Crippen LogP contribution is 2.40. The van der Waals surface area contributed by atoms with Crippen LogP contribution in [0, 0.1) is 0 Å². The first-order chi connectivity index (χ1) is 33.7. The van der Waals surface area contributed by atoms with E-state index in [9.17, 15) is 0 Å². The smallest absolute Gasteiger partial charge is 0.164 e. The second-order valence-corrected chi connectivity index (χ2v) is 17.3. The summed E-state index contributed by atoms with van der Waals surface area (Å²) in [6.45, 7) is 0. The van der Waals surface area contributed by atoms with Crippen molar-refractivity contribution in [2.75, 3.05) is 0 Å². The number of rotatable bonds is 8. The quantitative estimate of drug-likeness (QED) is 0.153. The maximum Gasteiger partial charge on any atom is 0.164 e. The number of para-hydroxylation sites is 3. The van der Waals surface area contributed by atoms with Crippen molar-refractivity contribution in [3.8, 4) is 78.9 Å². The molecule has 0 amide bonds. The number of aromatic nitrogens is 5. The maximum atomic E-state index is 4.99. The van der Waals surface area contributed by atoms with E-state index in [1.807, 2.05) is 60.7 Å². The molecule has 0 spiro atoms. The van der Waals surface area contributed by atoms with E-state index in [0.29, 0.717) is 17.5 Å². The third-order valence-corrected chi connectivity index (χ3v) is 13.2. The Hall–Kier alpha value is -9.19. The molecular weight excluding hydrogens is 827 g/mol. The molecule has 0 radical (unpaired) electrons. The predicted molar refractivity (Wildman–Crippen MR) is 281 cm³/mol. The zero-order chi connectivity index (χ0) is 45.0. The highest BCUT2D eigenvalue weighted by molar-refractivity contribution is 6.13. The number of fused-ring (bicyclic) bond motifs is 6. The van der Waals surface area contributed by atoms with Gasteiger partial charge in [-0.25, -0.2) is 15.0 Å². The third kappa shape index (κ3) is 6.84. The van der Waals surface area contributed by atoms with Gasteiger partial charge in [-0.05, 0) is 106 Å². The summed E-state index contributed by atoms with van der Waals surface area (Å²) in [5.74, 6) is 1.93. The lowest BCUT2D eigenvalue weighted by Crippen LogP contribution is -2.00. The SMILES string of the molecule is c1ccc(-c2nc(-c3ccccc3)nc(-c3cccc(-c4ccc(-c5ccc6c(c5)c5cc(-c7ccc8c(c7)c7ccccc7n8-c7ccccc7)ccc5n6-c5ccccc5)cc4)c3)n2)cc1. The summed E-state index contributed by atoms with van der Waals surface area (Å²) in [5.41, 5.74) is 16.8. The standard InChI is InChI=1S/C63H41N5/c1-5-16-44(17-6-1)61-64-62(45-18-7-2-8-19-45)66-63(65-61)50-21-15-20-46(38-50)42-28-30-43(31-29-42)47-32-35-59-55(39-47)56-41-49(34-37-60(56)68(59)52-24-11-4-12-25-52)48-33-36-58-54(40-48)53-26-13-14-27-57(53)67(58)51-22-9-3-10-23-51/h1-41H. The predicted octanol–water partition coefficient (Wildman–Crippen LogP) is 16.1. The Morgan fingerprint density at radius 3 is 1.01 bits per heavy atom. The van der Waals surface area contributed by atoms with Gasteiger partial charge in [0.1, 0.15) is 0 Å². The van der Waals surface area contributed by atoms with Crippen LogP contribution in [0.25, 0.3) is 123 Å². The fourth-order valence-electron chi connectivity index (χ4n) is 9.88. The minimum absolute atomic E-state index is 0.638. The van der Waals surface area contributed by atoms with Gasteiger partial charge in [0.25, 0.3) is 0 Å². The Balaban J connectivity index is 0.881. The van der Waals surface area contributed by atoms with Gasteiger partial charge < -0.3 is 9.13 Å². The lowest BCUT2D eigenvalue weighted by atomic mass is 9.97. The van der Waals surface area contributed by atoms with Gasteiger partial charge in [-0.3, -0.25) is 0 Å². The maximum absolute atomic E-state index is 4.99. The van der Waals surface area contributed by atoms with Crippen molar-refractivity contribution in [3.05, 3.63) is 249 Å². The molecule has 0 atom stereocenters. The average molecular weight is 868 g/mol. The molecule has 0 saturated heterocycles. The minimum Gasteiger partial charge on any atom is -0.309 e. The Morgan fingerprint density at radius 1 is 0.206 bits per heavy atom. The fraction of sp³-hybridized carbons (Fsp3) is 0. The van der Waals surface area contributed by atoms with E-state index in [4.69, 9.17) is 15.0 Å². The summed E-state index contributed by atoms with van der Waals surface area (Å²) in [6, 6.07) is 88.4. The molecule has 13 rings (SSSR count). The van der Waals surface area contributed by atoms with Crippen LogP contribution in [0.15, 0.2) is 249 Å². The molecule has 0 unspecified atom stereocenters. The van der Waals surface area contributed by atoms with Gasteiger partial charge >= 0.3 is 0 Å². The van der Waals surface area contributed by atoms with Gasteiger partial charge in [0.05, 0.1) is 22.1 Å². The van der Waals surface area contributed by atoms with Gasteiger partial charge in [-0.15, -0.1) is 0 Å². The second kappa shape index (κ2) is 16.4. The number of benzene rings is 10. The molecule has 5 nitrogen and oxygen atoms in total. The molecule has 0 aliphatic heterocycles. The van der Waals surface area contributed by atoms with Crippen LogP contribution in [-0.2, 0) is 0 Å². The molecule has 0 aliphatic carbocycles. The lowest BCUT2D eigenvalue weighted by Gasteiger charge is -2.10. The van der Waals surface area contributed by atoms with E-state index in [1.165, 1.54) is 54.7 Å². The van der Waals surface area contributed by atoms with Crippen LogP contribution in [0.5, 0.6) is 0 Å². The molecule has 3 aromatic heterocycles. The van der Waals surface area contributed by atoms with Crippen molar-refractivity contribution in [3.63, 3.8) is 0 Å². The van der Waals surface area contributed by atoms with Crippen LogP contribution in [0.3, 0.4) is 0 Å². The third-order valence-electron chi connectivity index (χ3n) is 13.2. The summed E-state index contributed by atoms with van der Waals surface area (Å²) in [4.78, 5) is 14.9. The number of hydrogen-bond donors (Lipinski definition) is 0. The van der Waals surface area contributed by atoms with E-state index in [1.54, 1.807) is 0 Å². The molecule has 5 heteroatoms. The largest absolute Gasteiger partial charge is 0.309 e. The molecule has 10 aromatic carbocycles. The summed E-state index contributed by atoms with van der Waals surface area (Å²) in [6.07, 6.45) is 0. The molecule has 3 heterocycles. The van der Waals surface area contributed by atoms with Crippen molar-refractivity contribution in [1.82, 2.24) is 24.1 Å². The van der Waals surface area contributed by atoms with Crippen LogP contribution in [0.2, 0.25) is 0 Å². The lowest BCUT2D eigenvalue weighted by molar-refractivity contribution is 1.07. The molecule has 0 bridgehead atoms. The monoisotopic (exact) mass is 867 g/mol. The van der Waals surface area contributed by atoms with Gasteiger partial charge in [0.2, 0.25) is 0 Å². The van der Waals surface area contributed by atoms with E-state index in [0.717, 1.165) is 50.3 Å². The van der Waals surface area contributed by atoms with Crippen LogP contribution < -0.4 is 0 Å². The summed E-state index contributed by atoms with van der Waals surface area (Å²) < 4.78 is 4.76. The topological polar surface area (TPSA) is 48.5 Å². The van der Waals surface area contributed by atoms with E-state index < -0.39 is 0 Å². The van der Waals surface area contributed by atoms with Gasteiger partial charge in [-0.1, -0.05) is 176 Å². The number of hydrogen-bond acceptors (Lipinski definition) is 3. The first-order valence-corrected chi connectivity index (χ1v) is 23.0. The zero-order valence-electron chi connectivity index (χ0n) is 36.9. The highest BCUT2D eigenvalue weighted by atomic mass is 15.0. The van der Waals surface area contributed by atoms with E-state index in [2.05, 4.69) is 197 Å². The zero-order valence-corrected chi connectivity index (χ0v) is 36.9. The van der Waals surface area contributed by atoms with Gasteiger partial charge in [-0.2, -0.15) is 0 Å². The Kier molecular flexibility index (Phi) is 9.43. The van der Waals surface area contributed by atoms with Crippen molar-refractivity contribution in [2.45, 2.75) is 0 Å². The first-order valence-electron chi connectivity index (χ1n) is 23.0.